The van der Waals surface area contributed by atoms with Crippen LogP contribution in [0.3, 0.4) is 0 Å². The van der Waals surface area contributed by atoms with E-state index in [9.17, 15) is 10.2 Å². The highest BCUT2D eigenvalue weighted by Crippen LogP contribution is 2.56. The third-order valence-electron chi connectivity index (χ3n) is 6.68. The second-order valence-electron chi connectivity index (χ2n) is 10.2. The summed E-state index contributed by atoms with van der Waals surface area (Å²) in [5.74, 6) is 2.04. The van der Waals surface area contributed by atoms with Gasteiger partial charge >= 0.3 is 0 Å². The molecule has 0 atom stereocenters. The van der Waals surface area contributed by atoms with E-state index >= 15 is 0 Å². The molecule has 2 aromatic carbocycles. The van der Waals surface area contributed by atoms with E-state index in [4.69, 9.17) is 0 Å². The number of phenols is 2. The van der Waals surface area contributed by atoms with Crippen LogP contribution in [0.1, 0.15) is 125 Å². The Morgan fingerprint density at radius 2 is 0.793 bits per heavy atom. The smallest absolute Gasteiger partial charge is 0.122 e. The maximum absolute atomic E-state index is 10.8. The minimum absolute atomic E-state index is 0.00194. The number of hydrogen-bond donors (Lipinski definition) is 2. The van der Waals surface area contributed by atoms with Crippen LogP contribution in [0.25, 0.3) is 0 Å². The highest BCUT2D eigenvalue weighted by molar-refractivity contribution is 5.57. The number of rotatable bonds is 6. The lowest BCUT2D eigenvalue weighted by Gasteiger charge is -2.25. The molecule has 158 valence electrons. The SMILES string of the molecule is CC(C)c1cc(C2(c3cc(C(C)C)c(O)c(C(C)C)c3)CC2)cc(C(C)C)c1O. The van der Waals surface area contributed by atoms with Crippen LogP contribution in [-0.4, -0.2) is 10.2 Å². The van der Waals surface area contributed by atoms with Crippen molar-refractivity contribution in [1.82, 2.24) is 0 Å². The van der Waals surface area contributed by atoms with Gasteiger partial charge in [0.15, 0.2) is 0 Å². The molecule has 0 aliphatic heterocycles. The molecular weight excluding hydrogens is 356 g/mol. The van der Waals surface area contributed by atoms with E-state index in [0.29, 0.717) is 11.5 Å². The van der Waals surface area contributed by atoms with Gasteiger partial charge in [-0.05, 0) is 69.9 Å². The van der Waals surface area contributed by atoms with E-state index in [1.54, 1.807) is 0 Å². The van der Waals surface area contributed by atoms with Gasteiger partial charge in [0.2, 0.25) is 0 Å². The monoisotopic (exact) mass is 394 g/mol. The van der Waals surface area contributed by atoms with Crippen LogP contribution in [0.2, 0.25) is 0 Å². The summed E-state index contributed by atoms with van der Waals surface area (Å²) >= 11 is 0. The average molecular weight is 395 g/mol. The molecule has 1 fully saturated rings. The molecule has 1 saturated carbocycles. The van der Waals surface area contributed by atoms with Crippen molar-refractivity contribution in [2.24, 2.45) is 0 Å². The van der Waals surface area contributed by atoms with Crippen LogP contribution >= 0.6 is 0 Å². The Hall–Kier alpha value is -1.96. The van der Waals surface area contributed by atoms with Crippen molar-refractivity contribution in [3.8, 4) is 11.5 Å². The van der Waals surface area contributed by atoms with E-state index in [1.165, 1.54) is 11.1 Å². The molecule has 0 bridgehead atoms. The number of hydrogen-bond acceptors (Lipinski definition) is 2. The first kappa shape index (κ1) is 21.7. The molecule has 1 aliphatic rings. The van der Waals surface area contributed by atoms with Gasteiger partial charge in [-0.2, -0.15) is 0 Å². The lowest BCUT2D eigenvalue weighted by atomic mass is 9.80. The first-order valence-corrected chi connectivity index (χ1v) is 11.2. The number of benzene rings is 2. The van der Waals surface area contributed by atoms with Crippen molar-refractivity contribution in [2.75, 3.05) is 0 Å². The molecule has 2 aromatic rings. The Kier molecular flexibility index (Phi) is 5.77. The molecular formula is C27H38O2. The highest BCUT2D eigenvalue weighted by atomic mass is 16.3. The summed E-state index contributed by atoms with van der Waals surface area (Å²) in [6.45, 7) is 17.2. The zero-order chi connectivity index (χ0) is 21.7. The van der Waals surface area contributed by atoms with E-state index < -0.39 is 0 Å². The largest absolute Gasteiger partial charge is 0.507 e. The van der Waals surface area contributed by atoms with Crippen LogP contribution < -0.4 is 0 Å². The summed E-state index contributed by atoms with van der Waals surface area (Å²) in [4.78, 5) is 0. The minimum Gasteiger partial charge on any atom is -0.507 e. The molecule has 0 aromatic heterocycles. The van der Waals surface area contributed by atoms with Crippen LogP contribution in [0.4, 0.5) is 0 Å². The van der Waals surface area contributed by atoms with Crippen molar-refractivity contribution >= 4 is 0 Å². The normalized spacial score (nSPS) is 15.7. The standard InChI is InChI=1S/C27H38O2/c1-15(2)21-11-19(12-22(16(3)4)25(21)28)27(9-10-27)20-13-23(17(5)6)26(29)24(14-20)18(7)8/h11-18,28-29H,9-10H2,1-8H3. The first-order chi connectivity index (χ1) is 13.5. The fourth-order valence-electron chi connectivity index (χ4n) is 4.54. The van der Waals surface area contributed by atoms with E-state index in [2.05, 4.69) is 79.7 Å². The minimum atomic E-state index is 0.00194. The molecule has 0 saturated heterocycles. The maximum Gasteiger partial charge on any atom is 0.122 e. The average Bonchev–Trinajstić information content (AvgIpc) is 3.42. The summed E-state index contributed by atoms with van der Waals surface area (Å²) in [6, 6.07) is 8.93. The molecule has 2 nitrogen and oxygen atoms in total. The van der Waals surface area contributed by atoms with Gasteiger partial charge in [0, 0.05) is 5.41 Å². The third kappa shape index (κ3) is 3.79. The van der Waals surface area contributed by atoms with Gasteiger partial charge in [-0.3, -0.25) is 0 Å². The molecule has 2 heteroatoms. The number of aromatic hydroxyl groups is 2. The van der Waals surface area contributed by atoms with Crippen molar-refractivity contribution in [1.29, 1.82) is 0 Å². The molecule has 2 N–H and O–H groups in total. The fourth-order valence-corrected chi connectivity index (χ4v) is 4.54. The Balaban J connectivity index is 2.23. The Morgan fingerprint density at radius 3 is 0.966 bits per heavy atom. The van der Waals surface area contributed by atoms with Crippen molar-refractivity contribution in [3.05, 3.63) is 57.6 Å². The molecule has 29 heavy (non-hydrogen) atoms. The molecule has 0 heterocycles. The van der Waals surface area contributed by atoms with Gasteiger partial charge < -0.3 is 10.2 Å². The summed E-state index contributed by atoms with van der Waals surface area (Å²) in [7, 11) is 0. The molecule has 0 spiro atoms. The highest BCUT2D eigenvalue weighted by Gasteiger charge is 2.47. The van der Waals surface area contributed by atoms with E-state index in [1.807, 2.05) is 0 Å². The maximum atomic E-state index is 10.8. The molecule has 1 aliphatic carbocycles. The quantitative estimate of drug-likeness (QED) is 0.527. The second-order valence-corrected chi connectivity index (χ2v) is 10.2. The summed E-state index contributed by atoms with van der Waals surface area (Å²) in [5, 5.41) is 21.7. The van der Waals surface area contributed by atoms with Gasteiger partial charge in [-0.1, -0.05) is 79.7 Å². The van der Waals surface area contributed by atoms with Gasteiger partial charge in [-0.15, -0.1) is 0 Å². The number of phenolic OH excluding ortho intramolecular Hbond substituents is 2. The van der Waals surface area contributed by atoms with Crippen molar-refractivity contribution in [3.63, 3.8) is 0 Å². The Bertz CT molecular complexity index is 769. The molecule has 3 rings (SSSR count). The zero-order valence-electron chi connectivity index (χ0n) is 19.4. The van der Waals surface area contributed by atoms with Gasteiger partial charge in [0.1, 0.15) is 11.5 Å². The summed E-state index contributed by atoms with van der Waals surface area (Å²) in [6.07, 6.45) is 2.24. The van der Waals surface area contributed by atoms with Crippen LogP contribution in [0.15, 0.2) is 24.3 Å². The Morgan fingerprint density at radius 1 is 0.552 bits per heavy atom. The zero-order valence-corrected chi connectivity index (χ0v) is 19.4. The van der Waals surface area contributed by atoms with Gasteiger partial charge in [-0.25, -0.2) is 0 Å². The van der Waals surface area contributed by atoms with Crippen LogP contribution in [0, 0.1) is 0 Å². The molecule has 0 radical (unpaired) electrons. The second kappa shape index (κ2) is 7.70. The topological polar surface area (TPSA) is 40.5 Å². The lowest BCUT2D eigenvalue weighted by Crippen LogP contribution is -2.13. The fraction of sp³-hybridized carbons (Fsp3) is 0.556. The van der Waals surface area contributed by atoms with E-state index in [0.717, 1.165) is 35.1 Å². The predicted octanol–water partition coefficient (Wildman–Crippen LogP) is 7.67. The first-order valence-electron chi connectivity index (χ1n) is 11.2. The van der Waals surface area contributed by atoms with Gasteiger partial charge in [0.05, 0.1) is 0 Å². The van der Waals surface area contributed by atoms with E-state index in [-0.39, 0.29) is 29.1 Å². The van der Waals surface area contributed by atoms with Crippen molar-refractivity contribution < 1.29 is 10.2 Å². The summed E-state index contributed by atoms with van der Waals surface area (Å²) < 4.78 is 0. The molecule has 0 unspecified atom stereocenters. The predicted molar refractivity (Wildman–Crippen MR) is 123 cm³/mol. The van der Waals surface area contributed by atoms with Crippen molar-refractivity contribution in [2.45, 2.75) is 97.3 Å². The summed E-state index contributed by atoms with van der Waals surface area (Å²) in [5.41, 5.74) is 6.82. The van der Waals surface area contributed by atoms with Gasteiger partial charge in [0.25, 0.3) is 0 Å². The third-order valence-corrected chi connectivity index (χ3v) is 6.68. The van der Waals surface area contributed by atoms with Crippen LogP contribution in [-0.2, 0) is 5.41 Å². The Labute approximate surface area is 177 Å². The molecule has 0 amide bonds. The van der Waals surface area contributed by atoms with Crippen LogP contribution in [0.5, 0.6) is 11.5 Å². The lowest BCUT2D eigenvalue weighted by molar-refractivity contribution is 0.453.